The SMILES string of the molecule is O=C1NC(c2ccnc(C#Cc3ccccc3)n2)C(c2cc(F)ccc2F)O1. The minimum Gasteiger partial charge on any atom is -0.439 e. The molecule has 2 aromatic carbocycles. The molecule has 3 aromatic rings. The molecule has 1 aliphatic heterocycles. The number of hydrogen-bond acceptors (Lipinski definition) is 4. The van der Waals surface area contributed by atoms with E-state index in [9.17, 15) is 13.6 Å². The summed E-state index contributed by atoms with van der Waals surface area (Å²) < 4.78 is 32.9. The van der Waals surface area contributed by atoms with E-state index in [4.69, 9.17) is 4.74 Å². The fraction of sp³-hybridized carbons (Fsp3) is 0.0952. The van der Waals surface area contributed by atoms with Crippen LogP contribution in [0.5, 0.6) is 0 Å². The van der Waals surface area contributed by atoms with Gasteiger partial charge in [-0.3, -0.25) is 0 Å². The van der Waals surface area contributed by atoms with Gasteiger partial charge in [-0.15, -0.1) is 0 Å². The maximum absolute atomic E-state index is 14.2. The quantitative estimate of drug-likeness (QED) is 0.692. The molecule has 4 rings (SSSR count). The van der Waals surface area contributed by atoms with Crippen molar-refractivity contribution in [1.82, 2.24) is 15.3 Å². The van der Waals surface area contributed by atoms with Crippen LogP contribution in [0.25, 0.3) is 0 Å². The van der Waals surface area contributed by atoms with Gasteiger partial charge in [-0.2, -0.15) is 0 Å². The molecular formula is C21H13F2N3O2. The number of halogens is 2. The monoisotopic (exact) mass is 377 g/mol. The van der Waals surface area contributed by atoms with E-state index >= 15 is 0 Å². The second-order valence-corrected chi connectivity index (χ2v) is 6.03. The molecule has 0 radical (unpaired) electrons. The third kappa shape index (κ3) is 3.67. The molecular weight excluding hydrogens is 364 g/mol. The Morgan fingerprint density at radius 3 is 2.68 bits per heavy atom. The highest BCUT2D eigenvalue weighted by Crippen LogP contribution is 2.37. The van der Waals surface area contributed by atoms with Gasteiger partial charge in [-0.1, -0.05) is 24.1 Å². The number of amides is 1. The molecule has 0 spiro atoms. The molecule has 1 aromatic heterocycles. The van der Waals surface area contributed by atoms with E-state index in [-0.39, 0.29) is 11.4 Å². The van der Waals surface area contributed by atoms with Gasteiger partial charge in [0.15, 0.2) is 6.10 Å². The second-order valence-electron chi connectivity index (χ2n) is 6.03. The normalized spacial score (nSPS) is 18.0. The first-order valence-electron chi connectivity index (χ1n) is 8.42. The fourth-order valence-electron chi connectivity index (χ4n) is 2.88. The molecule has 1 amide bonds. The number of benzene rings is 2. The first kappa shape index (κ1) is 17.6. The zero-order chi connectivity index (χ0) is 19.5. The summed E-state index contributed by atoms with van der Waals surface area (Å²) in [6, 6.07) is 13.1. The van der Waals surface area contributed by atoms with Gasteiger partial charge in [0.1, 0.15) is 17.7 Å². The summed E-state index contributed by atoms with van der Waals surface area (Å²) in [5.41, 5.74) is 1.11. The molecule has 138 valence electrons. The summed E-state index contributed by atoms with van der Waals surface area (Å²) >= 11 is 0. The summed E-state index contributed by atoms with van der Waals surface area (Å²) in [5, 5.41) is 2.58. The van der Waals surface area contributed by atoms with Crippen molar-refractivity contribution in [2.24, 2.45) is 0 Å². The van der Waals surface area contributed by atoms with Gasteiger partial charge in [-0.25, -0.2) is 23.5 Å². The lowest BCUT2D eigenvalue weighted by atomic mass is 9.99. The van der Waals surface area contributed by atoms with Crippen LogP contribution in [0.1, 0.15) is 34.8 Å². The topological polar surface area (TPSA) is 64.1 Å². The Labute approximate surface area is 159 Å². The van der Waals surface area contributed by atoms with Crippen molar-refractivity contribution in [3.05, 3.63) is 95.1 Å². The Hall–Kier alpha value is -3.79. The van der Waals surface area contributed by atoms with Crippen LogP contribution >= 0.6 is 0 Å². The highest BCUT2D eigenvalue weighted by Gasteiger charge is 2.39. The van der Waals surface area contributed by atoms with Crippen LogP contribution in [-0.2, 0) is 4.74 Å². The molecule has 0 saturated carbocycles. The van der Waals surface area contributed by atoms with Crippen LogP contribution < -0.4 is 5.32 Å². The minimum absolute atomic E-state index is 0.0705. The van der Waals surface area contributed by atoms with Gasteiger partial charge in [0.05, 0.1) is 5.69 Å². The number of hydrogen-bond donors (Lipinski definition) is 1. The van der Waals surface area contributed by atoms with Gasteiger partial charge in [-0.05, 0) is 42.3 Å². The summed E-state index contributed by atoms with van der Waals surface area (Å²) in [6.45, 7) is 0. The van der Waals surface area contributed by atoms with Crippen molar-refractivity contribution in [1.29, 1.82) is 0 Å². The Kier molecular flexibility index (Phi) is 4.68. The van der Waals surface area contributed by atoms with E-state index in [0.29, 0.717) is 5.69 Å². The average molecular weight is 377 g/mol. The third-order valence-corrected chi connectivity index (χ3v) is 4.16. The highest BCUT2D eigenvalue weighted by atomic mass is 19.1. The second kappa shape index (κ2) is 7.45. The molecule has 2 heterocycles. The van der Waals surface area contributed by atoms with Crippen molar-refractivity contribution in [3.63, 3.8) is 0 Å². The molecule has 1 aliphatic rings. The molecule has 2 unspecified atom stereocenters. The summed E-state index contributed by atoms with van der Waals surface area (Å²) in [7, 11) is 0. The number of alkyl carbamates (subject to hydrolysis) is 1. The van der Waals surface area contributed by atoms with Crippen molar-refractivity contribution >= 4 is 6.09 Å². The van der Waals surface area contributed by atoms with E-state index in [1.807, 2.05) is 30.3 Å². The first-order chi connectivity index (χ1) is 13.6. The van der Waals surface area contributed by atoms with Crippen LogP contribution in [0, 0.1) is 23.5 Å². The number of rotatable bonds is 2. The molecule has 1 saturated heterocycles. The molecule has 0 bridgehead atoms. The van der Waals surface area contributed by atoms with Crippen molar-refractivity contribution in [2.45, 2.75) is 12.1 Å². The van der Waals surface area contributed by atoms with Crippen LogP contribution in [0.3, 0.4) is 0 Å². The Bertz CT molecular complexity index is 1090. The molecule has 7 heteroatoms. The number of nitrogens with zero attached hydrogens (tertiary/aromatic N) is 2. The molecule has 28 heavy (non-hydrogen) atoms. The Morgan fingerprint density at radius 1 is 1.04 bits per heavy atom. The number of ether oxygens (including phenoxy) is 1. The zero-order valence-corrected chi connectivity index (χ0v) is 14.4. The maximum atomic E-state index is 14.2. The van der Waals surface area contributed by atoms with Gasteiger partial charge in [0, 0.05) is 17.3 Å². The molecule has 0 aliphatic carbocycles. The standard InChI is InChI=1S/C21H13F2N3O2/c22-14-7-8-16(23)15(12-14)20-19(26-21(27)28-20)17-10-11-24-18(25-17)9-6-13-4-2-1-3-5-13/h1-5,7-8,10-12,19-20H,(H,26,27). The number of carbonyl (C=O) groups excluding carboxylic acids is 1. The van der Waals surface area contributed by atoms with Crippen LogP contribution in [-0.4, -0.2) is 16.1 Å². The number of carbonyl (C=O) groups is 1. The van der Waals surface area contributed by atoms with E-state index in [1.54, 1.807) is 6.07 Å². The Morgan fingerprint density at radius 2 is 1.86 bits per heavy atom. The first-order valence-corrected chi connectivity index (χ1v) is 8.42. The molecule has 2 atom stereocenters. The summed E-state index contributed by atoms with van der Waals surface area (Å²) in [6.07, 6.45) is -0.317. The zero-order valence-electron chi connectivity index (χ0n) is 14.4. The van der Waals surface area contributed by atoms with Crippen LogP contribution in [0.4, 0.5) is 13.6 Å². The minimum atomic E-state index is -1.06. The third-order valence-electron chi connectivity index (χ3n) is 4.16. The number of cyclic esters (lactones) is 1. The van der Waals surface area contributed by atoms with E-state index in [2.05, 4.69) is 27.1 Å². The highest BCUT2D eigenvalue weighted by molar-refractivity contribution is 5.71. The van der Waals surface area contributed by atoms with Crippen molar-refractivity contribution in [2.75, 3.05) is 0 Å². The predicted octanol–water partition coefficient (Wildman–Crippen LogP) is 3.68. The van der Waals surface area contributed by atoms with Crippen molar-refractivity contribution in [3.8, 4) is 11.8 Å². The predicted molar refractivity (Wildman–Crippen MR) is 95.9 cm³/mol. The number of aromatic nitrogens is 2. The Balaban J connectivity index is 1.67. The molecule has 1 fully saturated rings. The van der Waals surface area contributed by atoms with Crippen LogP contribution in [0.15, 0.2) is 60.8 Å². The maximum Gasteiger partial charge on any atom is 0.408 e. The van der Waals surface area contributed by atoms with Gasteiger partial charge >= 0.3 is 6.09 Å². The molecule has 1 N–H and O–H groups in total. The molecule has 5 nitrogen and oxygen atoms in total. The van der Waals surface area contributed by atoms with E-state index in [1.165, 1.54) is 6.20 Å². The van der Waals surface area contributed by atoms with Gasteiger partial charge < -0.3 is 10.1 Å². The van der Waals surface area contributed by atoms with E-state index in [0.717, 1.165) is 23.8 Å². The van der Waals surface area contributed by atoms with Crippen LogP contribution in [0.2, 0.25) is 0 Å². The average Bonchev–Trinajstić information content (AvgIpc) is 3.11. The summed E-state index contributed by atoms with van der Waals surface area (Å²) in [4.78, 5) is 20.2. The lowest BCUT2D eigenvalue weighted by Gasteiger charge is -2.17. The fourth-order valence-corrected chi connectivity index (χ4v) is 2.88. The van der Waals surface area contributed by atoms with Gasteiger partial charge in [0.2, 0.25) is 5.82 Å². The largest absolute Gasteiger partial charge is 0.439 e. The number of nitrogens with one attached hydrogen (secondary N) is 1. The lowest BCUT2D eigenvalue weighted by Crippen LogP contribution is -2.21. The van der Waals surface area contributed by atoms with E-state index < -0.39 is 29.9 Å². The van der Waals surface area contributed by atoms with Gasteiger partial charge in [0.25, 0.3) is 0 Å². The lowest BCUT2D eigenvalue weighted by molar-refractivity contribution is 0.129. The summed E-state index contributed by atoms with van der Waals surface area (Å²) in [5.74, 6) is 4.73. The smallest absolute Gasteiger partial charge is 0.408 e. The van der Waals surface area contributed by atoms with Crippen molar-refractivity contribution < 1.29 is 18.3 Å².